The van der Waals surface area contributed by atoms with Crippen LogP contribution >= 0.6 is 12.2 Å². The first-order valence-electron chi connectivity index (χ1n) is 9.73. The quantitative estimate of drug-likeness (QED) is 0.415. The molecule has 0 fully saturated rings. The van der Waals surface area contributed by atoms with Crippen molar-refractivity contribution in [2.75, 3.05) is 30.5 Å². The number of carbonyl (C=O) groups excluding carboxylic acids is 2. The molecule has 2 aromatic carbocycles. The van der Waals surface area contributed by atoms with Crippen LogP contribution in [0.5, 0.6) is 5.75 Å². The van der Waals surface area contributed by atoms with Crippen LogP contribution in [0.2, 0.25) is 0 Å². The Morgan fingerprint density at radius 2 is 1.70 bits per heavy atom. The monoisotopic (exact) mass is 429 g/mol. The van der Waals surface area contributed by atoms with Crippen LogP contribution in [0.3, 0.4) is 0 Å². The van der Waals surface area contributed by atoms with Gasteiger partial charge >= 0.3 is 0 Å². The number of amides is 2. The molecule has 30 heavy (non-hydrogen) atoms. The molecule has 0 radical (unpaired) electrons. The third-order valence-electron chi connectivity index (χ3n) is 3.94. The fraction of sp³-hybridized carbons (Fsp3) is 0.318. The number of carbonyl (C=O) groups is 2. The van der Waals surface area contributed by atoms with Crippen molar-refractivity contribution < 1.29 is 19.1 Å². The molecule has 0 aliphatic carbocycles. The van der Waals surface area contributed by atoms with Crippen LogP contribution < -0.4 is 20.7 Å². The molecule has 0 atom stereocenters. The number of thiocarbonyl (C=S) groups is 1. The van der Waals surface area contributed by atoms with E-state index in [1.165, 1.54) is 0 Å². The molecule has 0 aliphatic rings. The van der Waals surface area contributed by atoms with E-state index >= 15 is 0 Å². The molecule has 0 aliphatic heterocycles. The smallest absolute Gasteiger partial charge is 0.257 e. The van der Waals surface area contributed by atoms with E-state index < -0.39 is 0 Å². The Bertz CT molecular complexity index is 886. The summed E-state index contributed by atoms with van der Waals surface area (Å²) in [6, 6.07) is 13.9. The van der Waals surface area contributed by atoms with E-state index in [1.54, 1.807) is 48.5 Å². The molecule has 7 nitrogen and oxygen atoms in total. The molecule has 0 spiro atoms. The van der Waals surface area contributed by atoms with E-state index in [4.69, 9.17) is 21.7 Å². The van der Waals surface area contributed by atoms with Crippen LogP contribution in [0, 0.1) is 5.92 Å². The van der Waals surface area contributed by atoms with E-state index in [1.807, 2.05) is 20.8 Å². The highest BCUT2D eigenvalue weighted by Crippen LogP contribution is 2.16. The van der Waals surface area contributed by atoms with Gasteiger partial charge < -0.3 is 20.1 Å². The molecule has 0 saturated heterocycles. The van der Waals surface area contributed by atoms with Crippen molar-refractivity contribution >= 4 is 40.5 Å². The van der Waals surface area contributed by atoms with Gasteiger partial charge in [-0.2, -0.15) is 0 Å². The van der Waals surface area contributed by atoms with Gasteiger partial charge in [0.15, 0.2) is 5.11 Å². The maximum Gasteiger partial charge on any atom is 0.257 e. The lowest BCUT2D eigenvalue weighted by molar-refractivity contribution is -0.118. The highest BCUT2D eigenvalue weighted by molar-refractivity contribution is 7.80. The van der Waals surface area contributed by atoms with Crippen molar-refractivity contribution in [2.24, 2.45) is 5.92 Å². The fourth-order valence-corrected chi connectivity index (χ4v) is 2.60. The average Bonchev–Trinajstić information content (AvgIpc) is 2.71. The molecule has 2 rings (SSSR count). The van der Waals surface area contributed by atoms with Gasteiger partial charge in [0.1, 0.15) is 12.4 Å². The highest BCUT2D eigenvalue weighted by Gasteiger charge is 2.10. The Morgan fingerprint density at radius 3 is 2.40 bits per heavy atom. The van der Waals surface area contributed by atoms with E-state index in [0.29, 0.717) is 42.5 Å². The standard InChI is InChI=1S/C22H27N3O4S/c1-4-28-11-12-29-19-10-5-7-16(13-19)21(27)25-22(30)24-18-9-6-8-17(14-18)23-20(26)15(2)3/h5-10,13-15H,4,11-12H2,1-3H3,(H,23,26)(H2,24,25,27,30). The van der Waals surface area contributed by atoms with Gasteiger partial charge in [-0.15, -0.1) is 0 Å². The minimum atomic E-state index is -0.355. The lowest BCUT2D eigenvalue weighted by Gasteiger charge is -2.12. The second kappa shape index (κ2) is 11.9. The number of benzene rings is 2. The third kappa shape index (κ3) is 7.81. The summed E-state index contributed by atoms with van der Waals surface area (Å²) in [5, 5.41) is 8.56. The predicted molar refractivity (Wildman–Crippen MR) is 122 cm³/mol. The number of hydrogen-bond donors (Lipinski definition) is 3. The molecular formula is C22H27N3O4S. The Kier molecular flexibility index (Phi) is 9.24. The van der Waals surface area contributed by atoms with Crippen molar-refractivity contribution in [3.8, 4) is 5.75 Å². The minimum absolute atomic E-state index is 0.0774. The summed E-state index contributed by atoms with van der Waals surface area (Å²) in [6.45, 7) is 7.07. The van der Waals surface area contributed by atoms with Gasteiger partial charge in [-0.25, -0.2) is 0 Å². The highest BCUT2D eigenvalue weighted by atomic mass is 32.1. The van der Waals surface area contributed by atoms with Gasteiger partial charge in [0.25, 0.3) is 5.91 Å². The second-order valence-electron chi connectivity index (χ2n) is 6.71. The first-order chi connectivity index (χ1) is 14.4. The molecular weight excluding hydrogens is 402 g/mol. The Balaban J connectivity index is 1.92. The molecule has 3 N–H and O–H groups in total. The molecule has 160 valence electrons. The Hall–Kier alpha value is -2.97. The maximum atomic E-state index is 12.5. The van der Waals surface area contributed by atoms with Gasteiger partial charge in [-0.3, -0.25) is 14.9 Å². The summed E-state index contributed by atoms with van der Waals surface area (Å²) in [6.07, 6.45) is 0. The molecule has 0 aromatic heterocycles. The number of hydrogen-bond acceptors (Lipinski definition) is 5. The van der Waals surface area contributed by atoms with Gasteiger partial charge in [0.2, 0.25) is 5.91 Å². The van der Waals surface area contributed by atoms with Gasteiger partial charge in [0.05, 0.1) is 6.61 Å². The zero-order chi connectivity index (χ0) is 21.9. The summed E-state index contributed by atoms with van der Waals surface area (Å²) >= 11 is 5.24. The lowest BCUT2D eigenvalue weighted by atomic mass is 10.2. The molecule has 8 heteroatoms. The second-order valence-corrected chi connectivity index (χ2v) is 7.11. The molecule has 0 saturated carbocycles. The van der Waals surface area contributed by atoms with Crippen molar-refractivity contribution in [3.05, 3.63) is 54.1 Å². The summed E-state index contributed by atoms with van der Waals surface area (Å²) in [4.78, 5) is 24.3. The van der Waals surface area contributed by atoms with Crippen molar-refractivity contribution in [1.29, 1.82) is 0 Å². The van der Waals surface area contributed by atoms with Gasteiger partial charge in [0, 0.05) is 29.5 Å². The molecule has 2 aromatic rings. The number of rotatable bonds is 9. The van der Waals surface area contributed by atoms with E-state index in [9.17, 15) is 9.59 Å². The summed E-state index contributed by atoms with van der Waals surface area (Å²) < 4.78 is 10.8. The SMILES string of the molecule is CCOCCOc1cccc(C(=O)NC(=S)Nc2cccc(NC(=O)C(C)C)c2)c1. The van der Waals surface area contributed by atoms with E-state index in [0.717, 1.165) is 0 Å². The van der Waals surface area contributed by atoms with Crippen LogP contribution in [-0.4, -0.2) is 36.7 Å². The van der Waals surface area contributed by atoms with Gasteiger partial charge in [-0.1, -0.05) is 26.0 Å². The van der Waals surface area contributed by atoms with Gasteiger partial charge in [-0.05, 0) is 55.5 Å². The van der Waals surface area contributed by atoms with Crippen LogP contribution in [0.25, 0.3) is 0 Å². The summed E-state index contributed by atoms with van der Waals surface area (Å²) in [7, 11) is 0. The van der Waals surface area contributed by atoms with Crippen molar-refractivity contribution in [2.45, 2.75) is 20.8 Å². The zero-order valence-electron chi connectivity index (χ0n) is 17.4. The predicted octanol–water partition coefficient (Wildman–Crippen LogP) is 3.82. The maximum absolute atomic E-state index is 12.5. The Labute approximate surface area is 182 Å². The zero-order valence-corrected chi connectivity index (χ0v) is 18.2. The minimum Gasteiger partial charge on any atom is -0.491 e. The molecule has 0 unspecified atom stereocenters. The van der Waals surface area contributed by atoms with Crippen LogP contribution in [-0.2, 0) is 9.53 Å². The molecule has 2 amide bonds. The summed E-state index contributed by atoms with van der Waals surface area (Å²) in [5.74, 6) is 0.0223. The lowest BCUT2D eigenvalue weighted by Crippen LogP contribution is -2.34. The van der Waals surface area contributed by atoms with Crippen LogP contribution in [0.4, 0.5) is 11.4 Å². The van der Waals surface area contributed by atoms with E-state index in [-0.39, 0.29) is 22.8 Å². The molecule has 0 bridgehead atoms. The number of anilines is 2. The normalized spacial score (nSPS) is 10.4. The largest absolute Gasteiger partial charge is 0.491 e. The van der Waals surface area contributed by atoms with Crippen molar-refractivity contribution in [1.82, 2.24) is 5.32 Å². The van der Waals surface area contributed by atoms with Crippen molar-refractivity contribution in [3.63, 3.8) is 0 Å². The third-order valence-corrected chi connectivity index (χ3v) is 4.14. The fourth-order valence-electron chi connectivity index (χ4n) is 2.39. The topological polar surface area (TPSA) is 88.7 Å². The number of ether oxygens (including phenoxy) is 2. The first-order valence-corrected chi connectivity index (χ1v) is 10.1. The Morgan fingerprint density at radius 1 is 1.00 bits per heavy atom. The molecule has 0 heterocycles. The number of nitrogens with one attached hydrogen (secondary N) is 3. The summed E-state index contributed by atoms with van der Waals surface area (Å²) in [5.41, 5.74) is 1.71. The van der Waals surface area contributed by atoms with E-state index in [2.05, 4.69) is 16.0 Å². The first kappa shape index (κ1) is 23.3. The van der Waals surface area contributed by atoms with Crippen LogP contribution in [0.15, 0.2) is 48.5 Å². The van der Waals surface area contributed by atoms with Crippen LogP contribution in [0.1, 0.15) is 31.1 Å². The average molecular weight is 430 g/mol.